The molecule has 3 heterocycles. The van der Waals surface area contributed by atoms with Crippen LogP contribution in [0.3, 0.4) is 0 Å². The van der Waals surface area contributed by atoms with Crippen LogP contribution in [0, 0.1) is 18.3 Å². The molecule has 9 nitrogen and oxygen atoms in total. The largest absolute Gasteiger partial charge is 0.444 e. The number of carbonyl (C=O) groups is 1. The van der Waals surface area contributed by atoms with E-state index < -0.39 is 22.8 Å². The van der Waals surface area contributed by atoms with E-state index in [2.05, 4.69) is 21.5 Å². The molecule has 212 valence electrons. The minimum absolute atomic E-state index is 0.358. The number of nitrogens with zero attached hydrogens (tertiary/aromatic N) is 5. The molecule has 0 bridgehead atoms. The molecule has 42 heavy (non-hydrogen) atoms. The second-order valence-electron chi connectivity index (χ2n) is 12.4. The van der Waals surface area contributed by atoms with Crippen LogP contribution in [0.5, 0.6) is 0 Å². The van der Waals surface area contributed by atoms with Gasteiger partial charge in [0.05, 0.1) is 34.2 Å². The number of aromatic nitrogens is 4. The zero-order chi connectivity index (χ0) is 29.9. The van der Waals surface area contributed by atoms with E-state index in [-0.39, 0.29) is 0 Å². The second kappa shape index (κ2) is 9.64. The Hall–Kier alpha value is -4.81. The van der Waals surface area contributed by atoms with Gasteiger partial charge in [0.15, 0.2) is 11.3 Å². The van der Waals surface area contributed by atoms with E-state index in [4.69, 9.17) is 9.72 Å². The van der Waals surface area contributed by atoms with E-state index in [1.165, 1.54) is 0 Å². The van der Waals surface area contributed by atoms with Crippen molar-refractivity contribution >= 4 is 22.8 Å². The maximum atomic E-state index is 12.8. The lowest BCUT2D eigenvalue weighted by atomic mass is 9.62. The maximum absolute atomic E-state index is 12.8. The molecular weight excluding hydrogens is 528 g/mol. The molecule has 0 saturated heterocycles. The molecule has 5 aromatic rings. The number of fused-ring (bicyclic) bond motifs is 3. The first-order chi connectivity index (χ1) is 19.9. The lowest BCUT2D eigenvalue weighted by molar-refractivity contribution is -0.0892. The van der Waals surface area contributed by atoms with Crippen molar-refractivity contribution in [3.8, 4) is 28.5 Å². The summed E-state index contributed by atoms with van der Waals surface area (Å²) in [6.45, 7) is 9.13. The molecule has 1 fully saturated rings. The van der Waals surface area contributed by atoms with Gasteiger partial charge in [-0.2, -0.15) is 14.9 Å². The van der Waals surface area contributed by atoms with Gasteiger partial charge in [-0.3, -0.25) is 0 Å². The summed E-state index contributed by atoms with van der Waals surface area (Å²) >= 11 is 0. The molecule has 0 spiro atoms. The van der Waals surface area contributed by atoms with Gasteiger partial charge in [0.1, 0.15) is 5.60 Å². The van der Waals surface area contributed by atoms with E-state index in [0.717, 1.165) is 33.3 Å². The minimum atomic E-state index is -0.900. The Morgan fingerprint density at radius 3 is 2.48 bits per heavy atom. The summed E-state index contributed by atoms with van der Waals surface area (Å²) in [6, 6.07) is 21.5. The summed E-state index contributed by atoms with van der Waals surface area (Å²) < 4.78 is 7.27. The molecule has 0 atom stereocenters. The summed E-state index contributed by atoms with van der Waals surface area (Å²) in [7, 11) is 0. The first kappa shape index (κ1) is 27.4. The standard InChI is InChI=1S/C33H32N6O3/c1-20-14-27-35-17-23-15-26(25-9-7-6-8-22(25)16-34)28(36-29(23)39(27)38-20)21-10-12-24(13-11-21)33(18-32(5,41)19-33)37-30(40)42-31(2,3)4/h6-15,17,41H,18-19H2,1-5H3,(H,37,40)/t32-,33+. The Bertz CT molecular complexity index is 1890. The highest BCUT2D eigenvalue weighted by Crippen LogP contribution is 2.49. The van der Waals surface area contributed by atoms with E-state index in [1.54, 1.807) is 23.7 Å². The van der Waals surface area contributed by atoms with E-state index >= 15 is 0 Å². The average molecular weight is 561 g/mol. The summed E-state index contributed by atoms with van der Waals surface area (Å²) in [5.41, 5.74) is 4.36. The maximum Gasteiger partial charge on any atom is 0.408 e. The summed E-state index contributed by atoms with van der Waals surface area (Å²) in [5, 5.41) is 29.0. The third-order valence-electron chi connectivity index (χ3n) is 7.53. The lowest BCUT2D eigenvalue weighted by Crippen LogP contribution is -2.62. The van der Waals surface area contributed by atoms with Crippen LogP contribution < -0.4 is 5.32 Å². The molecule has 1 amide bonds. The molecule has 3 aromatic heterocycles. The number of pyridine rings is 1. The van der Waals surface area contributed by atoms with Crippen LogP contribution in [-0.2, 0) is 10.3 Å². The van der Waals surface area contributed by atoms with Crippen molar-refractivity contribution < 1.29 is 14.6 Å². The van der Waals surface area contributed by atoms with Crippen molar-refractivity contribution in [3.63, 3.8) is 0 Å². The van der Waals surface area contributed by atoms with Gasteiger partial charge in [-0.05, 0) is 52.3 Å². The zero-order valence-electron chi connectivity index (χ0n) is 24.3. The van der Waals surface area contributed by atoms with Crippen molar-refractivity contribution in [2.45, 2.75) is 64.2 Å². The Balaban J connectivity index is 1.48. The third kappa shape index (κ3) is 4.95. The van der Waals surface area contributed by atoms with E-state index in [9.17, 15) is 15.2 Å². The molecule has 2 N–H and O–H groups in total. The number of hydrogen-bond donors (Lipinski definition) is 2. The van der Waals surface area contributed by atoms with E-state index in [0.29, 0.717) is 35.4 Å². The highest BCUT2D eigenvalue weighted by atomic mass is 16.6. The zero-order valence-corrected chi connectivity index (χ0v) is 24.3. The lowest BCUT2D eigenvalue weighted by Gasteiger charge is -2.52. The van der Waals surface area contributed by atoms with Gasteiger partial charge in [-0.25, -0.2) is 14.8 Å². The number of aliphatic hydroxyl groups is 1. The van der Waals surface area contributed by atoms with Crippen LogP contribution in [-0.4, -0.2) is 42.0 Å². The topological polar surface area (TPSA) is 125 Å². The van der Waals surface area contributed by atoms with Crippen LogP contribution in [0.2, 0.25) is 0 Å². The fraction of sp³-hybridized carbons (Fsp3) is 0.303. The van der Waals surface area contributed by atoms with Crippen molar-refractivity contribution in [2.75, 3.05) is 0 Å². The number of alkyl carbamates (subject to hydrolysis) is 1. The van der Waals surface area contributed by atoms with Gasteiger partial charge in [0.25, 0.3) is 0 Å². The van der Waals surface area contributed by atoms with E-state index in [1.807, 2.05) is 82.3 Å². The van der Waals surface area contributed by atoms with Crippen molar-refractivity contribution in [1.29, 1.82) is 5.26 Å². The highest BCUT2D eigenvalue weighted by molar-refractivity contribution is 5.92. The Kier molecular flexibility index (Phi) is 6.28. The molecule has 0 aliphatic heterocycles. The molecular formula is C33H32N6O3. The first-order valence-corrected chi connectivity index (χ1v) is 13.9. The summed E-state index contributed by atoms with van der Waals surface area (Å²) in [5.74, 6) is 0. The molecule has 2 aromatic carbocycles. The SMILES string of the molecule is Cc1cc2ncc3cc(-c4ccccc4C#N)c(-c4ccc([C@]5(NC(=O)OC(C)(C)C)C[C@@](C)(O)C5)cc4)nc3n2n1. The number of nitriles is 1. The van der Waals surface area contributed by atoms with Crippen molar-refractivity contribution in [3.05, 3.63) is 83.7 Å². The van der Waals surface area contributed by atoms with Gasteiger partial charge in [-0.15, -0.1) is 0 Å². The third-order valence-corrected chi connectivity index (χ3v) is 7.53. The van der Waals surface area contributed by atoms with Gasteiger partial charge in [-0.1, -0.05) is 42.5 Å². The minimum Gasteiger partial charge on any atom is -0.444 e. The van der Waals surface area contributed by atoms with Gasteiger partial charge in [0, 0.05) is 47.2 Å². The first-order valence-electron chi connectivity index (χ1n) is 13.9. The fourth-order valence-electron chi connectivity index (χ4n) is 5.95. The van der Waals surface area contributed by atoms with Gasteiger partial charge < -0.3 is 15.2 Å². The number of nitrogens with one attached hydrogen (secondary N) is 1. The van der Waals surface area contributed by atoms with Crippen molar-refractivity contribution in [1.82, 2.24) is 24.9 Å². The summed E-state index contributed by atoms with van der Waals surface area (Å²) in [6.07, 6.45) is 1.97. The Morgan fingerprint density at radius 2 is 1.81 bits per heavy atom. The highest BCUT2D eigenvalue weighted by Gasteiger charge is 2.53. The normalized spacial score (nSPS) is 20.2. The second-order valence-corrected chi connectivity index (χ2v) is 12.4. The molecule has 0 unspecified atom stereocenters. The van der Waals surface area contributed by atoms with Crippen LogP contribution >= 0.6 is 0 Å². The molecule has 1 saturated carbocycles. The molecule has 9 heteroatoms. The smallest absolute Gasteiger partial charge is 0.408 e. The number of rotatable bonds is 4. The monoisotopic (exact) mass is 560 g/mol. The fourth-order valence-corrected chi connectivity index (χ4v) is 5.95. The van der Waals surface area contributed by atoms with Gasteiger partial charge in [0.2, 0.25) is 0 Å². The Morgan fingerprint density at radius 1 is 1.10 bits per heavy atom. The molecule has 0 radical (unpaired) electrons. The van der Waals surface area contributed by atoms with Crippen LogP contribution in [0.1, 0.15) is 57.4 Å². The number of aryl methyl sites for hydroxylation is 1. The van der Waals surface area contributed by atoms with Gasteiger partial charge >= 0.3 is 6.09 Å². The number of ether oxygens (including phenoxy) is 1. The predicted octanol–water partition coefficient (Wildman–Crippen LogP) is 6.06. The number of hydrogen-bond acceptors (Lipinski definition) is 7. The predicted molar refractivity (Wildman–Crippen MR) is 160 cm³/mol. The quantitative estimate of drug-likeness (QED) is 0.274. The average Bonchev–Trinajstić information content (AvgIpc) is 3.31. The number of benzene rings is 2. The molecule has 1 aliphatic carbocycles. The van der Waals surface area contributed by atoms with Crippen LogP contribution in [0.4, 0.5) is 4.79 Å². The van der Waals surface area contributed by atoms with Crippen LogP contribution in [0.15, 0.2) is 66.9 Å². The van der Waals surface area contributed by atoms with Crippen LogP contribution in [0.25, 0.3) is 39.1 Å². The van der Waals surface area contributed by atoms with Crippen molar-refractivity contribution in [2.24, 2.45) is 0 Å². The summed E-state index contributed by atoms with van der Waals surface area (Å²) in [4.78, 5) is 22.4. The number of carbonyl (C=O) groups excluding carboxylic acids is 1. The molecule has 6 rings (SSSR count). The molecule has 1 aliphatic rings. The number of amides is 1. The Labute approximate surface area is 243 Å².